The minimum atomic E-state index is -0.415. The van der Waals surface area contributed by atoms with Crippen LogP contribution in [0.2, 0.25) is 0 Å². The maximum atomic E-state index is 12.4. The quantitative estimate of drug-likeness (QED) is 0.517. The number of piperidine rings is 2. The fraction of sp³-hybridized carbons (Fsp3) is 0.724. The summed E-state index contributed by atoms with van der Waals surface area (Å²) in [4.78, 5) is 33.9. The van der Waals surface area contributed by atoms with Gasteiger partial charge in [0, 0.05) is 51.9 Å². The van der Waals surface area contributed by atoms with Crippen molar-refractivity contribution in [3.8, 4) is 0 Å². The highest BCUT2D eigenvalue weighted by molar-refractivity contribution is 5.72. The van der Waals surface area contributed by atoms with Crippen molar-refractivity contribution >= 4 is 12.1 Å². The summed E-state index contributed by atoms with van der Waals surface area (Å²) in [5.41, 5.74) is 0.606. The Hall–Kier alpha value is -2.16. The first-order valence-electron chi connectivity index (χ1n) is 14.1. The standard InChI is InChI=1S/C29H46N4O4/c1-29(2,3)37-27(34)22-30-13-11-26(12-14-30)32-15-9-24(10-16-32)21-31-17-19-33(20-18-31)28(35)36-23-25-7-5-4-6-8-25/h4-8,24,26H,9-23H2,1-3H3. The van der Waals surface area contributed by atoms with Crippen LogP contribution in [-0.4, -0.2) is 109 Å². The molecule has 206 valence electrons. The molecule has 0 spiro atoms. The molecule has 3 aliphatic rings. The molecule has 1 aromatic carbocycles. The van der Waals surface area contributed by atoms with Gasteiger partial charge in [-0.2, -0.15) is 0 Å². The summed E-state index contributed by atoms with van der Waals surface area (Å²) >= 11 is 0. The smallest absolute Gasteiger partial charge is 0.410 e. The first kappa shape index (κ1) is 27.9. The molecule has 8 nitrogen and oxygen atoms in total. The number of ether oxygens (including phenoxy) is 2. The van der Waals surface area contributed by atoms with Gasteiger partial charge in [0.05, 0.1) is 6.54 Å². The van der Waals surface area contributed by atoms with E-state index in [1.807, 2.05) is 56.0 Å². The van der Waals surface area contributed by atoms with E-state index in [1.54, 1.807) is 0 Å². The largest absolute Gasteiger partial charge is 0.459 e. The average Bonchev–Trinajstić information content (AvgIpc) is 2.88. The monoisotopic (exact) mass is 514 g/mol. The topological polar surface area (TPSA) is 65.6 Å². The summed E-state index contributed by atoms with van der Waals surface area (Å²) in [5.74, 6) is 0.622. The molecule has 0 saturated carbocycles. The molecule has 0 unspecified atom stereocenters. The van der Waals surface area contributed by atoms with E-state index in [4.69, 9.17) is 9.47 Å². The molecule has 8 heteroatoms. The number of hydrogen-bond donors (Lipinski definition) is 0. The van der Waals surface area contributed by atoms with Gasteiger partial charge in [0.2, 0.25) is 0 Å². The predicted octanol–water partition coefficient (Wildman–Crippen LogP) is 3.46. The number of rotatable bonds is 7. The van der Waals surface area contributed by atoms with Gasteiger partial charge in [-0.15, -0.1) is 0 Å². The van der Waals surface area contributed by atoms with Gasteiger partial charge in [-0.1, -0.05) is 30.3 Å². The number of piperazine rings is 1. The van der Waals surface area contributed by atoms with E-state index >= 15 is 0 Å². The van der Waals surface area contributed by atoms with Crippen molar-refractivity contribution in [2.24, 2.45) is 5.92 Å². The van der Waals surface area contributed by atoms with Crippen LogP contribution in [0.15, 0.2) is 30.3 Å². The summed E-state index contributed by atoms with van der Waals surface area (Å²) in [6.45, 7) is 15.3. The Morgan fingerprint density at radius 2 is 1.49 bits per heavy atom. The lowest BCUT2D eigenvalue weighted by molar-refractivity contribution is -0.156. The van der Waals surface area contributed by atoms with Crippen molar-refractivity contribution in [2.45, 2.75) is 64.7 Å². The van der Waals surface area contributed by atoms with Crippen LogP contribution in [0.5, 0.6) is 0 Å². The Morgan fingerprint density at radius 1 is 0.838 bits per heavy atom. The van der Waals surface area contributed by atoms with Gasteiger partial charge in [0.25, 0.3) is 0 Å². The minimum Gasteiger partial charge on any atom is -0.459 e. The first-order valence-corrected chi connectivity index (χ1v) is 14.1. The van der Waals surface area contributed by atoms with Gasteiger partial charge in [0.15, 0.2) is 0 Å². The third-order valence-corrected chi connectivity index (χ3v) is 7.85. The zero-order valence-electron chi connectivity index (χ0n) is 23.1. The molecule has 4 rings (SSSR count). The van der Waals surface area contributed by atoms with Crippen LogP contribution in [0.1, 0.15) is 52.0 Å². The number of hydrogen-bond acceptors (Lipinski definition) is 7. The molecular weight excluding hydrogens is 468 g/mol. The highest BCUT2D eigenvalue weighted by Gasteiger charge is 2.31. The van der Waals surface area contributed by atoms with Gasteiger partial charge >= 0.3 is 12.1 Å². The summed E-state index contributed by atoms with van der Waals surface area (Å²) in [6.07, 6.45) is 4.56. The van der Waals surface area contributed by atoms with Crippen molar-refractivity contribution in [1.29, 1.82) is 0 Å². The van der Waals surface area contributed by atoms with E-state index in [0.29, 0.717) is 19.2 Å². The summed E-state index contributed by atoms with van der Waals surface area (Å²) in [7, 11) is 0. The molecule has 3 aliphatic heterocycles. The third kappa shape index (κ3) is 8.97. The van der Waals surface area contributed by atoms with E-state index in [9.17, 15) is 9.59 Å². The normalized spacial score (nSPS) is 21.6. The third-order valence-electron chi connectivity index (χ3n) is 7.85. The molecule has 0 bridgehead atoms. The van der Waals surface area contributed by atoms with E-state index in [0.717, 1.165) is 70.1 Å². The van der Waals surface area contributed by atoms with E-state index in [1.165, 1.54) is 25.9 Å². The molecule has 0 aromatic heterocycles. The maximum Gasteiger partial charge on any atom is 0.410 e. The molecule has 0 atom stereocenters. The van der Waals surface area contributed by atoms with Gasteiger partial charge in [0.1, 0.15) is 12.2 Å². The number of likely N-dealkylation sites (tertiary alicyclic amines) is 2. The number of carbonyl (C=O) groups is 2. The van der Waals surface area contributed by atoms with E-state index in [-0.39, 0.29) is 12.1 Å². The van der Waals surface area contributed by atoms with E-state index in [2.05, 4.69) is 14.7 Å². The Bertz CT molecular complexity index is 850. The molecule has 3 heterocycles. The van der Waals surface area contributed by atoms with Crippen molar-refractivity contribution in [1.82, 2.24) is 19.6 Å². The number of esters is 1. The van der Waals surface area contributed by atoms with Gasteiger partial charge in [-0.05, 0) is 71.0 Å². The zero-order chi connectivity index (χ0) is 26.3. The molecule has 3 fully saturated rings. The summed E-state index contributed by atoms with van der Waals surface area (Å²) in [5, 5.41) is 0. The average molecular weight is 515 g/mol. The Kier molecular flexibility index (Phi) is 9.84. The molecule has 1 aromatic rings. The lowest BCUT2D eigenvalue weighted by Crippen LogP contribution is -2.52. The highest BCUT2D eigenvalue weighted by atomic mass is 16.6. The lowest BCUT2D eigenvalue weighted by Gasteiger charge is -2.43. The van der Waals surface area contributed by atoms with E-state index < -0.39 is 5.60 Å². The zero-order valence-corrected chi connectivity index (χ0v) is 23.1. The molecule has 0 radical (unpaired) electrons. The van der Waals surface area contributed by atoms with Gasteiger partial charge in [-0.25, -0.2) is 4.79 Å². The molecule has 1 amide bonds. The summed E-state index contributed by atoms with van der Waals surface area (Å²) in [6, 6.07) is 10.5. The Labute approximate surface area is 222 Å². The Morgan fingerprint density at radius 3 is 2.11 bits per heavy atom. The Balaban J connectivity index is 1.08. The second-order valence-corrected chi connectivity index (χ2v) is 11.9. The molecular formula is C29H46N4O4. The van der Waals surface area contributed by atoms with Crippen molar-refractivity contribution in [2.75, 3.05) is 65.4 Å². The second-order valence-electron chi connectivity index (χ2n) is 11.9. The molecule has 0 N–H and O–H groups in total. The van der Waals surface area contributed by atoms with Crippen LogP contribution in [0.4, 0.5) is 4.79 Å². The van der Waals surface area contributed by atoms with Crippen molar-refractivity contribution < 1.29 is 19.1 Å². The molecule has 3 saturated heterocycles. The van der Waals surface area contributed by atoms with Crippen LogP contribution < -0.4 is 0 Å². The van der Waals surface area contributed by atoms with Crippen LogP contribution in [0.3, 0.4) is 0 Å². The first-order chi connectivity index (χ1) is 17.7. The summed E-state index contributed by atoms with van der Waals surface area (Å²) < 4.78 is 11.0. The van der Waals surface area contributed by atoms with Crippen LogP contribution in [0, 0.1) is 5.92 Å². The van der Waals surface area contributed by atoms with Crippen molar-refractivity contribution in [3.05, 3.63) is 35.9 Å². The number of carbonyl (C=O) groups excluding carboxylic acids is 2. The van der Waals surface area contributed by atoms with Crippen LogP contribution in [0.25, 0.3) is 0 Å². The van der Waals surface area contributed by atoms with Crippen molar-refractivity contribution in [3.63, 3.8) is 0 Å². The second kappa shape index (κ2) is 13.1. The fourth-order valence-corrected chi connectivity index (χ4v) is 5.79. The SMILES string of the molecule is CC(C)(C)OC(=O)CN1CCC(N2CCC(CN3CCN(C(=O)OCc4ccccc4)CC3)CC2)CC1. The molecule has 0 aliphatic carbocycles. The predicted molar refractivity (Wildman–Crippen MR) is 144 cm³/mol. The number of amides is 1. The van der Waals surface area contributed by atoms with Gasteiger partial charge < -0.3 is 19.3 Å². The van der Waals surface area contributed by atoms with Crippen LogP contribution >= 0.6 is 0 Å². The van der Waals surface area contributed by atoms with Crippen LogP contribution in [-0.2, 0) is 20.9 Å². The highest BCUT2D eigenvalue weighted by Crippen LogP contribution is 2.25. The fourth-order valence-electron chi connectivity index (χ4n) is 5.79. The van der Waals surface area contributed by atoms with Gasteiger partial charge in [-0.3, -0.25) is 14.6 Å². The maximum absolute atomic E-state index is 12.4. The number of nitrogens with zero attached hydrogens (tertiary/aromatic N) is 4. The molecule has 37 heavy (non-hydrogen) atoms. The lowest BCUT2D eigenvalue weighted by atomic mass is 9.93. The number of benzene rings is 1. The minimum absolute atomic E-state index is 0.114.